The molecule has 1 atom stereocenters. The number of ether oxygens (including phenoxy) is 1. The minimum absolute atomic E-state index is 0.0856. The van der Waals surface area contributed by atoms with Crippen molar-refractivity contribution in [3.63, 3.8) is 0 Å². The zero-order valence-electron chi connectivity index (χ0n) is 16.9. The van der Waals surface area contributed by atoms with Gasteiger partial charge in [0.05, 0.1) is 16.6 Å². The highest BCUT2D eigenvalue weighted by Gasteiger charge is 2.19. The second-order valence-electron chi connectivity index (χ2n) is 6.96. The Morgan fingerprint density at radius 1 is 1.10 bits per heavy atom. The molecule has 0 saturated carbocycles. The van der Waals surface area contributed by atoms with Crippen molar-refractivity contribution in [3.8, 4) is 0 Å². The average molecular weight is 421 g/mol. The lowest BCUT2D eigenvalue weighted by Crippen LogP contribution is -2.26. The topological polar surface area (TPSA) is 105 Å². The number of rotatable bonds is 11. The first kappa shape index (κ1) is 22.9. The Labute approximate surface area is 172 Å². The standard InChI is InChI=1S/C21H28N2O5S/c1-15(2)28-13-7-12-22-29(26,27)18-10-11-20(19(14-18)21(24)25)23-16(3)17-8-5-4-6-9-17/h4-6,8-11,14-16,22-23H,7,12-13H2,1-3H3,(H,24,25). The van der Waals surface area contributed by atoms with Crippen molar-refractivity contribution in [1.82, 2.24) is 4.72 Å². The highest BCUT2D eigenvalue weighted by Crippen LogP contribution is 2.25. The first-order valence-electron chi connectivity index (χ1n) is 9.51. The number of carbonyl (C=O) groups is 1. The number of carboxylic acids is 1. The number of sulfonamides is 1. The van der Waals surface area contributed by atoms with Crippen LogP contribution < -0.4 is 10.0 Å². The molecule has 0 fully saturated rings. The largest absolute Gasteiger partial charge is 0.478 e. The minimum atomic E-state index is -3.81. The van der Waals surface area contributed by atoms with Crippen molar-refractivity contribution >= 4 is 21.7 Å². The van der Waals surface area contributed by atoms with Crippen molar-refractivity contribution in [1.29, 1.82) is 0 Å². The Bertz CT molecular complexity index is 914. The molecular formula is C21H28N2O5S. The van der Waals surface area contributed by atoms with Gasteiger partial charge in [-0.1, -0.05) is 30.3 Å². The number of nitrogens with one attached hydrogen (secondary N) is 2. The zero-order chi connectivity index (χ0) is 21.4. The maximum absolute atomic E-state index is 12.5. The Hall–Kier alpha value is -2.42. The molecule has 0 aliphatic rings. The van der Waals surface area contributed by atoms with Crippen LogP contribution in [0.5, 0.6) is 0 Å². The maximum atomic E-state index is 12.5. The fourth-order valence-corrected chi connectivity index (χ4v) is 3.83. The van der Waals surface area contributed by atoms with Crippen LogP contribution in [0.3, 0.4) is 0 Å². The van der Waals surface area contributed by atoms with Crippen LogP contribution in [0.1, 0.15) is 49.2 Å². The summed E-state index contributed by atoms with van der Waals surface area (Å²) in [6, 6.07) is 13.5. The highest BCUT2D eigenvalue weighted by molar-refractivity contribution is 7.89. The number of hydrogen-bond acceptors (Lipinski definition) is 5. The van der Waals surface area contributed by atoms with Crippen molar-refractivity contribution in [3.05, 3.63) is 59.7 Å². The molecule has 0 heterocycles. The van der Waals surface area contributed by atoms with Crippen LogP contribution in [0.2, 0.25) is 0 Å². The van der Waals surface area contributed by atoms with E-state index in [4.69, 9.17) is 4.74 Å². The third-order valence-electron chi connectivity index (χ3n) is 4.27. The van der Waals surface area contributed by atoms with Crippen LogP contribution in [-0.4, -0.2) is 38.7 Å². The average Bonchev–Trinajstić information content (AvgIpc) is 2.68. The third-order valence-corrected chi connectivity index (χ3v) is 5.73. The fraction of sp³-hybridized carbons (Fsp3) is 0.381. The van der Waals surface area contributed by atoms with Crippen molar-refractivity contribution in [2.45, 2.75) is 44.2 Å². The summed E-state index contributed by atoms with van der Waals surface area (Å²) >= 11 is 0. The molecule has 0 spiro atoms. The lowest BCUT2D eigenvalue weighted by atomic mass is 10.1. The van der Waals surface area contributed by atoms with Gasteiger partial charge in [0.25, 0.3) is 0 Å². The van der Waals surface area contributed by atoms with E-state index >= 15 is 0 Å². The fourth-order valence-electron chi connectivity index (χ4n) is 2.73. The second kappa shape index (κ2) is 10.4. The molecular weight excluding hydrogens is 392 g/mol. The first-order chi connectivity index (χ1) is 13.7. The molecule has 0 aromatic heterocycles. The number of hydrogen-bond donors (Lipinski definition) is 3. The predicted molar refractivity (Wildman–Crippen MR) is 113 cm³/mol. The lowest BCUT2D eigenvalue weighted by Gasteiger charge is -2.18. The molecule has 2 aromatic rings. The molecule has 158 valence electrons. The zero-order valence-corrected chi connectivity index (χ0v) is 17.7. The predicted octanol–water partition coefficient (Wildman–Crippen LogP) is 3.65. The van der Waals surface area contributed by atoms with Crippen LogP contribution >= 0.6 is 0 Å². The van der Waals surface area contributed by atoms with Crippen LogP contribution in [0.25, 0.3) is 0 Å². The third kappa shape index (κ3) is 6.85. The Morgan fingerprint density at radius 3 is 2.41 bits per heavy atom. The molecule has 8 heteroatoms. The SMILES string of the molecule is CC(C)OCCCNS(=O)(=O)c1ccc(NC(C)c2ccccc2)c(C(=O)O)c1. The Kier molecular flexibility index (Phi) is 8.19. The van der Waals surface area contributed by atoms with E-state index in [9.17, 15) is 18.3 Å². The number of aromatic carboxylic acids is 1. The van der Waals surface area contributed by atoms with E-state index < -0.39 is 16.0 Å². The quantitative estimate of drug-likeness (QED) is 0.479. The number of anilines is 1. The highest BCUT2D eigenvalue weighted by atomic mass is 32.2. The first-order valence-corrected chi connectivity index (χ1v) is 11.0. The van der Waals surface area contributed by atoms with Crippen molar-refractivity contribution < 1.29 is 23.1 Å². The van der Waals surface area contributed by atoms with Gasteiger partial charge in [0.1, 0.15) is 0 Å². The normalized spacial score (nSPS) is 12.7. The number of carboxylic acid groups (broad SMARTS) is 1. The van der Waals surface area contributed by atoms with E-state index in [-0.39, 0.29) is 29.1 Å². The summed E-state index contributed by atoms with van der Waals surface area (Å²) in [5.41, 5.74) is 1.25. The molecule has 0 radical (unpaired) electrons. The monoisotopic (exact) mass is 420 g/mol. The van der Waals surface area contributed by atoms with Crippen LogP contribution in [0.15, 0.2) is 53.4 Å². The molecule has 0 amide bonds. The second-order valence-corrected chi connectivity index (χ2v) is 8.73. The summed E-state index contributed by atoms with van der Waals surface area (Å²) in [7, 11) is -3.81. The van der Waals surface area contributed by atoms with Crippen molar-refractivity contribution in [2.24, 2.45) is 0 Å². The molecule has 29 heavy (non-hydrogen) atoms. The van der Waals surface area contributed by atoms with E-state index in [0.717, 1.165) is 5.56 Å². The Morgan fingerprint density at radius 2 is 1.79 bits per heavy atom. The van der Waals surface area contributed by atoms with Gasteiger partial charge in [-0.15, -0.1) is 0 Å². The Balaban J connectivity index is 2.13. The van der Waals surface area contributed by atoms with Gasteiger partial charge in [0, 0.05) is 24.9 Å². The number of benzene rings is 2. The van der Waals surface area contributed by atoms with Crippen LogP contribution in [0, 0.1) is 0 Å². The molecule has 0 bridgehead atoms. The van der Waals surface area contributed by atoms with E-state index in [1.165, 1.54) is 18.2 Å². The van der Waals surface area contributed by atoms with E-state index in [2.05, 4.69) is 10.0 Å². The maximum Gasteiger partial charge on any atom is 0.337 e. The van der Waals surface area contributed by atoms with E-state index in [0.29, 0.717) is 18.7 Å². The summed E-state index contributed by atoms with van der Waals surface area (Å²) in [6.45, 7) is 6.38. The van der Waals surface area contributed by atoms with E-state index in [1.807, 2.05) is 51.1 Å². The van der Waals surface area contributed by atoms with Crippen LogP contribution in [0.4, 0.5) is 5.69 Å². The van der Waals surface area contributed by atoms with Gasteiger partial charge >= 0.3 is 5.97 Å². The summed E-state index contributed by atoms with van der Waals surface area (Å²) in [5, 5.41) is 12.7. The van der Waals surface area contributed by atoms with E-state index in [1.54, 1.807) is 0 Å². The van der Waals surface area contributed by atoms with Gasteiger partial charge in [0.2, 0.25) is 10.0 Å². The van der Waals surface area contributed by atoms with Gasteiger partial charge in [-0.25, -0.2) is 17.9 Å². The van der Waals surface area contributed by atoms with Crippen LogP contribution in [-0.2, 0) is 14.8 Å². The molecule has 0 aliphatic heterocycles. The summed E-state index contributed by atoms with van der Waals surface area (Å²) in [5.74, 6) is -1.20. The molecule has 0 saturated heterocycles. The summed E-state index contributed by atoms with van der Waals surface area (Å²) in [4.78, 5) is 11.6. The molecule has 2 rings (SSSR count). The van der Waals surface area contributed by atoms with Gasteiger partial charge in [0.15, 0.2) is 0 Å². The van der Waals surface area contributed by atoms with Gasteiger partial charge < -0.3 is 15.2 Å². The van der Waals surface area contributed by atoms with Gasteiger partial charge in [-0.05, 0) is 51.0 Å². The van der Waals surface area contributed by atoms with Crippen molar-refractivity contribution in [2.75, 3.05) is 18.5 Å². The van der Waals surface area contributed by atoms with Gasteiger partial charge in [-0.3, -0.25) is 0 Å². The smallest absolute Gasteiger partial charge is 0.337 e. The molecule has 0 aliphatic carbocycles. The molecule has 7 nitrogen and oxygen atoms in total. The molecule has 2 aromatic carbocycles. The van der Waals surface area contributed by atoms with Gasteiger partial charge in [-0.2, -0.15) is 0 Å². The minimum Gasteiger partial charge on any atom is -0.478 e. The summed E-state index contributed by atoms with van der Waals surface area (Å²) < 4.78 is 32.8. The summed E-state index contributed by atoms with van der Waals surface area (Å²) in [6.07, 6.45) is 0.611. The molecule has 1 unspecified atom stereocenters. The lowest BCUT2D eigenvalue weighted by molar-refractivity contribution is 0.0697. The molecule has 3 N–H and O–H groups in total.